The van der Waals surface area contributed by atoms with Crippen LogP contribution >= 0.6 is 0 Å². The van der Waals surface area contributed by atoms with Crippen molar-refractivity contribution in [1.29, 1.82) is 0 Å². The van der Waals surface area contributed by atoms with Gasteiger partial charge >= 0.3 is 0 Å². The van der Waals surface area contributed by atoms with Crippen LogP contribution in [0.2, 0.25) is 0 Å². The lowest BCUT2D eigenvalue weighted by Crippen LogP contribution is -2.54. The lowest BCUT2D eigenvalue weighted by molar-refractivity contribution is -0.136. The van der Waals surface area contributed by atoms with E-state index in [1.54, 1.807) is 12.1 Å². The van der Waals surface area contributed by atoms with E-state index in [2.05, 4.69) is 29.4 Å². The number of benzene rings is 1. The summed E-state index contributed by atoms with van der Waals surface area (Å²) in [5.74, 6) is -1.85. The number of rotatable bonds is 5. The van der Waals surface area contributed by atoms with Gasteiger partial charge in [0, 0.05) is 25.0 Å². The number of nitrogens with zero attached hydrogens (tertiary/aromatic N) is 2. The molecular formula is C22H28N4O4. The van der Waals surface area contributed by atoms with Crippen LogP contribution in [0.4, 0.5) is 0 Å². The van der Waals surface area contributed by atoms with Gasteiger partial charge in [0.1, 0.15) is 6.04 Å². The van der Waals surface area contributed by atoms with E-state index in [0.717, 1.165) is 36.4 Å². The molecule has 4 amide bonds. The fourth-order valence-corrected chi connectivity index (χ4v) is 4.79. The lowest BCUT2D eigenvalue weighted by atomic mass is 9.98. The van der Waals surface area contributed by atoms with Crippen molar-refractivity contribution >= 4 is 23.6 Å². The first-order chi connectivity index (χ1) is 14.4. The van der Waals surface area contributed by atoms with Gasteiger partial charge in [-0.2, -0.15) is 0 Å². The smallest absolute Gasteiger partial charge is 0.262 e. The summed E-state index contributed by atoms with van der Waals surface area (Å²) in [4.78, 5) is 53.5. The summed E-state index contributed by atoms with van der Waals surface area (Å²) in [7, 11) is 0. The number of carbonyl (C=O) groups excluding carboxylic acids is 4. The standard InChI is InChI=1S/C22H28N4O4/c1-13(2)25(15-8-10-23-11-9-15)12-14-4-3-5-16-19(14)22(30)26(21(16)29)17-6-7-18(27)24-20(17)28/h3-5,13,15,17,23H,6-12H2,1-2H3,(H,24,27,28). The molecular weight excluding hydrogens is 384 g/mol. The fraction of sp³-hybridized carbons (Fsp3) is 0.545. The first kappa shape index (κ1) is 20.7. The summed E-state index contributed by atoms with van der Waals surface area (Å²) in [5, 5.41) is 5.62. The van der Waals surface area contributed by atoms with Crippen LogP contribution in [0.15, 0.2) is 18.2 Å². The Kier molecular flexibility index (Phi) is 5.71. The van der Waals surface area contributed by atoms with Crippen LogP contribution in [0, 0.1) is 0 Å². The Morgan fingerprint density at radius 1 is 1.07 bits per heavy atom. The molecule has 2 fully saturated rings. The molecule has 1 atom stereocenters. The SMILES string of the molecule is CC(C)N(Cc1cccc2c1C(=O)N(C1CCC(=O)NC1=O)C2=O)C1CCNCC1. The van der Waals surface area contributed by atoms with E-state index < -0.39 is 23.8 Å². The summed E-state index contributed by atoms with van der Waals surface area (Å²) in [5.41, 5.74) is 1.55. The molecule has 160 valence electrons. The monoisotopic (exact) mass is 412 g/mol. The fourth-order valence-electron chi connectivity index (χ4n) is 4.79. The highest BCUT2D eigenvalue weighted by Crippen LogP contribution is 2.31. The van der Waals surface area contributed by atoms with Crippen LogP contribution in [-0.2, 0) is 16.1 Å². The van der Waals surface area contributed by atoms with Crippen molar-refractivity contribution in [2.24, 2.45) is 0 Å². The van der Waals surface area contributed by atoms with Gasteiger partial charge in [-0.1, -0.05) is 12.1 Å². The van der Waals surface area contributed by atoms with Crippen LogP contribution < -0.4 is 10.6 Å². The van der Waals surface area contributed by atoms with Gasteiger partial charge in [0.25, 0.3) is 11.8 Å². The molecule has 30 heavy (non-hydrogen) atoms. The molecule has 8 nitrogen and oxygen atoms in total. The van der Waals surface area contributed by atoms with Gasteiger partial charge in [0.05, 0.1) is 11.1 Å². The molecule has 3 heterocycles. The molecule has 1 aromatic carbocycles. The molecule has 0 aliphatic carbocycles. The highest BCUT2D eigenvalue weighted by Gasteiger charge is 2.45. The number of hydrogen-bond donors (Lipinski definition) is 2. The molecule has 0 spiro atoms. The topological polar surface area (TPSA) is 98.8 Å². The van der Waals surface area contributed by atoms with Gasteiger partial charge in [-0.25, -0.2) is 0 Å². The van der Waals surface area contributed by atoms with Gasteiger partial charge in [-0.05, 0) is 57.8 Å². The minimum absolute atomic E-state index is 0.119. The molecule has 1 unspecified atom stereocenters. The predicted octanol–water partition coefficient (Wildman–Crippen LogP) is 1.05. The maximum atomic E-state index is 13.3. The molecule has 3 aliphatic rings. The van der Waals surface area contributed by atoms with Gasteiger partial charge in [0.15, 0.2) is 0 Å². The van der Waals surface area contributed by atoms with Crippen molar-refractivity contribution in [1.82, 2.24) is 20.4 Å². The van der Waals surface area contributed by atoms with Crippen LogP contribution in [0.3, 0.4) is 0 Å². The number of carbonyl (C=O) groups is 4. The molecule has 0 radical (unpaired) electrons. The number of amides is 4. The molecule has 2 saturated heterocycles. The lowest BCUT2D eigenvalue weighted by Gasteiger charge is -2.37. The Morgan fingerprint density at radius 2 is 1.80 bits per heavy atom. The summed E-state index contributed by atoms with van der Waals surface area (Å²) < 4.78 is 0. The summed E-state index contributed by atoms with van der Waals surface area (Å²) in [6.45, 7) is 6.82. The van der Waals surface area contributed by atoms with Crippen molar-refractivity contribution < 1.29 is 19.2 Å². The van der Waals surface area contributed by atoms with E-state index in [4.69, 9.17) is 0 Å². The quantitative estimate of drug-likeness (QED) is 0.702. The van der Waals surface area contributed by atoms with Gasteiger partial charge in [-0.3, -0.25) is 34.3 Å². The molecule has 0 saturated carbocycles. The minimum atomic E-state index is -0.937. The van der Waals surface area contributed by atoms with Crippen LogP contribution in [0.25, 0.3) is 0 Å². The minimum Gasteiger partial charge on any atom is -0.317 e. The highest BCUT2D eigenvalue weighted by atomic mass is 16.2. The van der Waals surface area contributed by atoms with E-state index in [-0.39, 0.29) is 18.7 Å². The maximum Gasteiger partial charge on any atom is 0.262 e. The number of hydrogen-bond acceptors (Lipinski definition) is 6. The summed E-state index contributed by atoms with van der Waals surface area (Å²) >= 11 is 0. The Balaban J connectivity index is 1.63. The van der Waals surface area contributed by atoms with Gasteiger partial charge in [0.2, 0.25) is 11.8 Å². The molecule has 1 aromatic rings. The average molecular weight is 412 g/mol. The molecule has 4 rings (SSSR count). The van der Waals surface area contributed by atoms with Crippen LogP contribution in [0.1, 0.15) is 65.8 Å². The number of piperidine rings is 2. The van der Waals surface area contributed by atoms with E-state index in [9.17, 15) is 19.2 Å². The Hall–Kier alpha value is -2.58. The molecule has 2 N–H and O–H groups in total. The molecule has 0 aromatic heterocycles. The summed E-state index contributed by atoms with van der Waals surface area (Å²) in [6.07, 6.45) is 2.37. The third-order valence-electron chi connectivity index (χ3n) is 6.35. The molecule has 0 bridgehead atoms. The van der Waals surface area contributed by atoms with Crippen molar-refractivity contribution in [2.75, 3.05) is 13.1 Å². The Bertz CT molecular complexity index is 891. The normalized spacial score (nSPS) is 22.8. The van der Waals surface area contributed by atoms with Crippen molar-refractivity contribution in [3.63, 3.8) is 0 Å². The first-order valence-electron chi connectivity index (χ1n) is 10.7. The second-order valence-corrected chi connectivity index (χ2v) is 8.53. The van der Waals surface area contributed by atoms with E-state index >= 15 is 0 Å². The third-order valence-corrected chi connectivity index (χ3v) is 6.35. The largest absolute Gasteiger partial charge is 0.317 e. The maximum absolute atomic E-state index is 13.3. The van der Waals surface area contributed by atoms with Gasteiger partial charge in [-0.15, -0.1) is 0 Å². The van der Waals surface area contributed by atoms with E-state index in [0.29, 0.717) is 29.8 Å². The zero-order valence-corrected chi connectivity index (χ0v) is 17.4. The highest BCUT2D eigenvalue weighted by molar-refractivity contribution is 6.24. The van der Waals surface area contributed by atoms with E-state index in [1.807, 2.05) is 6.07 Å². The Labute approximate surface area is 176 Å². The van der Waals surface area contributed by atoms with Crippen molar-refractivity contribution in [3.05, 3.63) is 34.9 Å². The predicted molar refractivity (Wildman–Crippen MR) is 110 cm³/mol. The zero-order valence-electron chi connectivity index (χ0n) is 17.4. The molecule has 3 aliphatic heterocycles. The number of fused-ring (bicyclic) bond motifs is 1. The van der Waals surface area contributed by atoms with Crippen molar-refractivity contribution in [2.45, 2.75) is 64.2 Å². The van der Waals surface area contributed by atoms with Crippen molar-refractivity contribution in [3.8, 4) is 0 Å². The average Bonchev–Trinajstić information content (AvgIpc) is 2.98. The first-order valence-corrected chi connectivity index (χ1v) is 10.7. The van der Waals surface area contributed by atoms with Crippen LogP contribution in [0.5, 0.6) is 0 Å². The number of nitrogens with one attached hydrogen (secondary N) is 2. The third kappa shape index (κ3) is 3.65. The van der Waals surface area contributed by atoms with Crippen LogP contribution in [-0.4, -0.2) is 64.6 Å². The zero-order chi connectivity index (χ0) is 21.4. The van der Waals surface area contributed by atoms with E-state index in [1.165, 1.54) is 0 Å². The number of imide groups is 2. The second-order valence-electron chi connectivity index (χ2n) is 8.53. The summed E-state index contributed by atoms with van der Waals surface area (Å²) in [6, 6.07) is 5.12. The molecule has 8 heteroatoms. The second kappa shape index (κ2) is 8.28. The Morgan fingerprint density at radius 3 is 2.47 bits per heavy atom. The van der Waals surface area contributed by atoms with Gasteiger partial charge < -0.3 is 5.32 Å².